The normalized spacial score (nSPS) is 14.2. The molecule has 1 aliphatic rings. The number of benzene rings is 1. The lowest BCUT2D eigenvalue weighted by Gasteiger charge is -2.16. The van der Waals surface area contributed by atoms with E-state index in [-0.39, 0.29) is 0 Å². The van der Waals surface area contributed by atoms with E-state index in [2.05, 4.69) is 47.4 Å². The van der Waals surface area contributed by atoms with Crippen LogP contribution in [-0.2, 0) is 6.54 Å². The quantitative estimate of drug-likeness (QED) is 0.520. The van der Waals surface area contributed by atoms with E-state index in [0.29, 0.717) is 5.65 Å². The van der Waals surface area contributed by atoms with Gasteiger partial charge in [0.25, 0.3) is 0 Å². The Hall–Kier alpha value is -3.42. The van der Waals surface area contributed by atoms with E-state index in [1.807, 2.05) is 25.1 Å². The second-order valence-corrected chi connectivity index (χ2v) is 7.05. The van der Waals surface area contributed by atoms with Crippen LogP contribution in [0.2, 0.25) is 0 Å². The number of fused-ring (bicyclic) bond motifs is 2. The number of hydrogen-bond acceptors (Lipinski definition) is 6. The average Bonchev–Trinajstić information content (AvgIpc) is 3.42. The number of H-pyrrole nitrogens is 1. The van der Waals surface area contributed by atoms with Crippen molar-refractivity contribution in [1.82, 2.24) is 29.5 Å². The smallest absolute Gasteiger partial charge is 0.229 e. The average molecular weight is 374 g/mol. The highest BCUT2D eigenvalue weighted by Crippen LogP contribution is 2.27. The zero-order valence-corrected chi connectivity index (χ0v) is 15.8. The number of aromatic amines is 1. The molecule has 1 fully saturated rings. The van der Waals surface area contributed by atoms with Gasteiger partial charge in [-0.1, -0.05) is 6.08 Å². The van der Waals surface area contributed by atoms with Crippen molar-refractivity contribution in [1.29, 1.82) is 0 Å². The fourth-order valence-corrected chi connectivity index (χ4v) is 3.79. The van der Waals surface area contributed by atoms with Gasteiger partial charge in [0.1, 0.15) is 11.3 Å². The van der Waals surface area contributed by atoms with Gasteiger partial charge in [-0.2, -0.15) is 9.97 Å². The van der Waals surface area contributed by atoms with Crippen LogP contribution in [0.15, 0.2) is 37.2 Å². The summed E-state index contributed by atoms with van der Waals surface area (Å²) in [4.78, 5) is 23.8. The molecule has 0 radical (unpaired) electrons. The van der Waals surface area contributed by atoms with Gasteiger partial charge in [-0.05, 0) is 38.0 Å². The Bertz CT molecular complexity index is 1170. The van der Waals surface area contributed by atoms with Gasteiger partial charge in [0.05, 0.1) is 17.4 Å². The van der Waals surface area contributed by atoms with Crippen LogP contribution in [0.25, 0.3) is 22.2 Å². The van der Waals surface area contributed by atoms with Crippen molar-refractivity contribution in [2.24, 2.45) is 0 Å². The maximum atomic E-state index is 4.78. The molecular weight excluding hydrogens is 352 g/mol. The third kappa shape index (κ3) is 2.77. The monoisotopic (exact) mass is 374 g/mol. The predicted octanol–water partition coefficient (Wildman–Crippen LogP) is 3.54. The van der Waals surface area contributed by atoms with Crippen molar-refractivity contribution in [2.45, 2.75) is 26.3 Å². The number of allylic oxidation sites excluding steroid dienone is 1. The van der Waals surface area contributed by atoms with Gasteiger partial charge in [0.2, 0.25) is 5.95 Å². The number of nitrogens with zero attached hydrogens (tertiary/aromatic N) is 6. The van der Waals surface area contributed by atoms with Gasteiger partial charge in [0, 0.05) is 25.3 Å². The first-order chi connectivity index (χ1) is 13.7. The lowest BCUT2D eigenvalue weighted by Crippen LogP contribution is -2.20. The minimum absolute atomic E-state index is 0.673. The Morgan fingerprint density at radius 3 is 2.89 bits per heavy atom. The first-order valence-corrected chi connectivity index (χ1v) is 9.54. The fraction of sp³-hybridized carbons (Fsp3) is 0.300. The molecule has 1 aromatic carbocycles. The Balaban J connectivity index is 1.54. The molecule has 0 aliphatic carbocycles. The number of anilines is 3. The summed E-state index contributed by atoms with van der Waals surface area (Å²) < 4.78 is 2.15. The molecule has 4 aromatic rings. The van der Waals surface area contributed by atoms with Gasteiger partial charge in [-0.25, -0.2) is 9.97 Å². The second kappa shape index (κ2) is 6.63. The molecule has 1 aliphatic heterocycles. The molecule has 4 heterocycles. The molecule has 8 heteroatoms. The second-order valence-electron chi connectivity index (χ2n) is 7.05. The third-order valence-corrected chi connectivity index (χ3v) is 5.18. The number of aromatic nitrogens is 6. The summed E-state index contributed by atoms with van der Waals surface area (Å²) in [6, 6.07) is 6.17. The number of aryl methyl sites for hydroxylation is 1. The molecule has 28 heavy (non-hydrogen) atoms. The molecule has 8 nitrogen and oxygen atoms in total. The lowest BCUT2D eigenvalue weighted by molar-refractivity contribution is 0.808. The van der Waals surface area contributed by atoms with E-state index in [9.17, 15) is 0 Å². The molecule has 0 saturated carbocycles. The summed E-state index contributed by atoms with van der Waals surface area (Å²) in [5.41, 5.74) is 4.44. The van der Waals surface area contributed by atoms with Gasteiger partial charge in [-0.15, -0.1) is 6.58 Å². The van der Waals surface area contributed by atoms with Crippen LogP contribution < -0.4 is 10.2 Å². The molecule has 5 rings (SSSR count). The van der Waals surface area contributed by atoms with Crippen LogP contribution in [0, 0.1) is 6.92 Å². The van der Waals surface area contributed by atoms with Gasteiger partial charge in [-0.3, -0.25) is 0 Å². The summed E-state index contributed by atoms with van der Waals surface area (Å²) >= 11 is 0. The van der Waals surface area contributed by atoms with Crippen molar-refractivity contribution >= 4 is 39.7 Å². The van der Waals surface area contributed by atoms with Crippen molar-refractivity contribution in [3.8, 4) is 0 Å². The number of hydrogen-bond donors (Lipinski definition) is 2. The molecule has 0 bridgehead atoms. The Kier molecular flexibility index (Phi) is 3.96. The summed E-state index contributed by atoms with van der Waals surface area (Å²) in [5.74, 6) is 2.43. The minimum atomic E-state index is 0.673. The van der Waals surface area contributed by atoms with Crippen molar-refractivity contribution < 1.29 is 0 Å². The van der Waals surface area contributed by atoms with Crippen LogP contribution in [0.5, 0.6) is 0 Å². The largest absolute Gasteiger partial charge is 0.341 e. The first kappa shape index (κ1) is 16.7. The molecule has 1 saturated heterocycles. The Labute approximate surface area is 162 Å². The van der Waals surface area contributed by atoms with Crippen LogP contribution in [0.1, 0.15) is 18.7 Å². The highest BCUT2D eigenvalue weighted by molar-refractivity contribution is 5.88. The molecular formula is C20H22N8. The molecule has 0 amide bonds. The minimum Gasteiger partial charge on any atom is -0.341 e. The van der Waals surface area contributed by atoms with Crippen LogP contribution in [0.4, 0.5) is 17.5 Å². The highest BCUT2D eigenvalue weighted by atomic mass is 15.3. The standard InChI is InChI=1S/C20H22N8/c1-3-8-28-13(2)23-15-11-14(6-7-16(15)28)24-19-17-18(22-12-21-17)25-20(26-19)27-9-4-5-10-27/h3,6-7,11-12H,1,4-5,8-10H2,2H3,(H2,21,22,24,25,26). The summed E-state index contributed by atoms with van der Waals surface area (Å²) in [6.45, 7) is 8.56. The maximum Gasteiger partial charge on any atom is 0.229 e. The molecule has 0 unspecified atom stereocenters. The van der Waals surface area contributed by atoms with Gasteiger partial charge >= 0.3 is 0 Å². The summed E-state index contributed by atoms with van der Waals surface area (Å²) in [7, 11) is 0. The van der Waals surface area contributed by atoms with Crippen LogP contribution in [0.3, 0.4) is 0 Å². The fourth-order valence-electron chi connectivity index (χ4n) is 3.79. The van der Waals surface area contributed by atoms with Crippen molar-refractivity contribution in [2.75, 3.05) is 23.3 Å². The van der Waals surface area contributed by atoms with E-state index in [4.69, 9.17) is 4.98 Å². The Morgan fingerprint density at radius 1 is 1.21 bits per heavy atom. The topological polar surface area (TPSA) is 87.6 Å². The van der Waals surface area contributed by atoms with Crippen LogP contribution in [-0.4, -0.2) is 42.6 Å². The maximum absolute atomic E-state index is 4.78. The molecule has 3 aromatic heterocycles. The number of nitrogens with one attached hydrogen (secondary N) is 2. The van der Waals surface area contributed by atoms with E-state index in [1.165, 1.54) is 12.8 Å². The third-order valence-electron chi connectivity index (χ3n) is 5.18. The first-order valence-electron chi connectivity index (χ1n) is 9.54. The lowest BCUT2D eigenvalue weighted by atomic mass is 10.2. The zero-order chi connectivity index (χ0) is 19.1. The zero-order valence-electron chi connectivity index (χ0n) is 15.8. The van der Waals surface area contributed by atoms with E-state index in [1.54, 1.807) is 6.33 Å². The van der Waals surface area contributed by atoms with Crippen molar-refractivity contribution in [3.05, 3.63) is 43.0 Å². The van der Waals surface area contributed by atoms with Crippen molar-refractivity contribution in [3.63, 3.8) is 0 Å². The van der Waals surface area contributed by atoms with Gasteiger partial charge < -0.3 is 19.8 Å². The molecule has 142 valence electrons. The number of rotatable bonds is 5. The Morgan fingerprint density at radius 2 is 2.07 bits per heavy atom. The summed E-state index contributed by atoms with van der Waals surface area (Å²) in [6.07, 6.45) is 5.89. The molecule has 2 N–H and O–H groups in total. The predicted molar refractivity (Wildman–Crippen MR) is 111 cm³/mol. The van der Waals surface area contributed by atoms with E-state index >= 15 is 0 Å². The van der Waals surface area contributed by atoms with Crippen LogP contribution >= 0.6 is 0 Å². The molecule has 0 spiro atoms. The molecule has 0 atom stereocenters. The SMILES string of the molecule is C=CCn1c(C)nc2cc(Nc3nc(N4CCCC4)nc4nc[nH]c34)ccc21. The van der Waals surface area contributed by atoms with Gasteiger partial charge in [0.15, 0.2) is 11.5 Å². The van der Waals surface area contributed by atoms with E-state index in [0.717, 1.165) is 59.5 Å². The van der Waals surface area contributed by atoms with E-state index < -0.39 is 0 Å². The number of imidazole rings is 2. The summed E-state index contributed by atoms with van der Waals surface area (Å²) in [5, 5.41) is 3.43. The highest BCUT2D eigenvalue weighted by Gasteiger charge is 2.18.